The number of sulfonamides is 2. The van der Waals surface area contributed by atoms with Gasteiger partial charge in [0, 0.05) is 0 Å². The third-order valence-electron chi connectivity index (χ3n) is 4.92. The molecule has 11 heteroatoms. The van der Waals surface area contributed by atoms with Crippen LogP contribution in [-0.4, -0.2) is 35.6 Å². The summed E-state index contributed by atoms with van der Waals surface area (Å²) in [7, 11) is -6.90. The Balaban J connectivity index is 2.13. The van der Waals surface area contributed by atoms with Gasteiger partial charge in [-0.3, -0.25) is 9.52 Å². The molecule has 0 atom stereocenters. The molecule has 0 aliphatic carbocycles. The lowest BCUT2D eigenvalue weighted by molar-refractivity contribution is -0.123. The number of anilines is 2. The van der Waals surface area contributed by atoms with Crippen LogP contribution in [0.15, 0.2) is 35.2 Å². The fourth-order valence-corrected chi connectivity index (χ4v) is 7.36. The highest BCUT2D eigenvalue weighted by Crippen LogP contribution is 2.39. The van der Waals surface area contributed by atoms with Crippen molar-refractivity contribution in [2.24, 2.45) is 5.41 Å². The second-order valence-electron chi connectivity index (χ2n) is 8.09. The van der Waals surface area contributed by atoms with E-state index in [2.05, 4.69) is 4.72 Å². The molecule has 2 aromatic rings. The number of amides is 1. The van der Waals surface area contributed by atoms with Crippen LogP contribution in [0.3, 0.4) is 0 Å². The van der Waals surface area contributed by atoms with Gasteiger partial charge in [0.25, 0.3) is 10.0 Å². The van der Waals surface area contributed by atoms with E-state index in [9.17, 15) is 21.6 Å². The molecule has 31 heavy (non-hydrogen) atoms. The first kappa shape index (κ1) is 23.4. The van der Waals surface area contributed by atoms with Crippen LogP contribution >= 0.6 is 11.6 Å². The van der Waals surface area contributed by atoms with Crippen molar-refractivity contribution in [3.8, 4) is 5.75 Å². The monoisotopic (exact) mass is 486 g/mol. The van der Waals surface area contributed by atoms with Gasteiger partial charge in [-0.25, -0.2) is 21.1 Å². The lowest BCUT2D eigenvalue weighted by Gasteiger charge is -2.20. The van der Waals surface area contributed by atoms with Crippen molar-refractivity contribution in [3.05, 3.63) is 46.5 Å². The Hall–Kier alpha value is -2.30. The molecule has 1 amide bonds. The largest absolute Gasteiger partial charge is 0.495 e. The van der Waals surface area contributed by atoms with Gasteiger partial charge < -0.3 is 4.74 Å². The van der Waals surface area contributed by atoms with E-state index < -0.39 is 31.4 Å². The van der Waals surface area contributed by atoms with Crippen LogP contribution in [0.1, 0.15) is 25.0 Å². The van der Waals surface area contributed by atoms with Crippen molar-refractivity contribution in [2.75, 3.05) is 21.9 Å². The van der Waals surface area contributed by atoms with Crippen LogP contribution in [-0.2, 0) is 24.8 Å². The molecule has 1 fully saturated rings. The topological polar surface area (TPSA) is 110 Å². The van der Waals surface area contributed by atoms with Crippen molar-refractivity contribution in [2.45, 2.75) is 32.6 Å². The lowest BCUT2D eigenvalue weighted by atomic mass is 9.95. The number of benzene rings is 2. The van der Waals surface area contributed by atoms with Crippen LogP contribution in [0.4, 0.5) is 11.4 Å². The van der Waals surface area contributed by atoms with Gasteiger partial charge in [0.15, 0.2) is 0 Å². The molecule has 0 radical (unpaired) electrons. The fraction of sp³-hybridized carbons (Fsp3) is 0.350. The number of halogens is 1. The summed E-state index contributed by atoms with van der Waals surface area (Å²) in [6.07, 6.45) is 0. The van der Waals surface area contributed by atoms with Gasteiger partial charge in [-0.2, -0.15) is 0 Å². The number of rotatable bonds is 5. The SMILES string of the molecule is COc1ccc(N2C(=O)C(C)(C)CS2(=O)=O)cc1S(=O)(=O)Nc1c(C)cc(C)cc1Cl. The van der Waals surface area contributed by atoms with Crippen molar-refractivity contribution in [1.29, 1.82) is 0 Å². The summed E-state index contributed by atoms with van der Waals surface area (Å²) in [6, 6.07) is 7.14. The van der Waals surface area contributed by atoms with Crippen molar-refractivity contribution in [3.63, 3.8) is 0 Å². The molecule has 0 saturated carbocycles. The number of hydrogen-bond acceptors (Lipinski definition) is 6. The molecule has 3 rings (SSSR count). The minimum absolute atomic E-state index is 0.0135. The number of aryl methyl sites for hydroxylation is 2. The highest BCUT2D eigenvalue weighted by molar-refractivity contribution is 7.94. The van der Waals surface area contributed by atoms with Crippen LogP contribution in [0.5, 0.6) is 5.75 Å². The quantitative estimate of drug-likeness (QED) is 0.692. The molecular formula is C20H23ClN2O6S2. The molecule has 1 heterocycles. The molecule has 2 aromatic carbocycles. The van der Waals surface area contributed by atoms with Gasteiger partial charge in [0.1, 0.15) is 10.6 Å². The predicted octanol–water partition coefficient (Wildman–Crippen LogP) is 3.47. The molecule has 1 aliphatic rings. The number of nitrogens with one attached hydrogen (secondary N) is 1. The van der Waals surface area contributed by atoms with Gasteiger partial charge in [0.05, 0.1) is 34.7 Å². The molecule has 8 nitrogen and oxygen atoms in total. The average molecular weight is 487 g/mol. The maximum absolute atomic E-state index is 13.2. The third-order valence-corrected chi connectivity index (χ3v) is 8.61. The fourth-order valence-electron chi connectivity index (χ4n) is 3.50. The van der Waals surface area contributed by atoms with Crippen LogP contribution in [0.2, 0.25) is 5.02 Å². The van der Waals surface area contributed by atoms with Crippen molar-refractivity contribution < 1.29 is 26.4 Å². The Kier molecular flexibility index (Phi) is 5.79. The molecule has 0 bridgehead atoms. The standard InChI is InChI=1S/C20H23ClN2O6S2/c1-12-8-13(2)18(15(21)9-12)22-31(27,28)17-10-14(6-7-16(17)29-5)23-19(24)20(3,4)11-30(23,25)26/h6-10,22H,11H2,1-5H3. The van der Waals surface area contributed by atoms with E-state index in [0.717, 1.165) is 11.6 Å². The Morgan fingerprint density at radius 1 is 1.16 bits per heavy atom. The summed E-state index contributed by atoms with van der Waals surface area (Å²) < 4.78 is 59.9. The third kappa shape index (κ3) is 4.24. The second-order valence-corrected chi connectivity index (χ2v) is 12.0. The molecular weight excluding hydrogens is 464 g/mol. The molecule has 0 spiro atoms. The highest BCUT2D eigenvalue weighted by Gasteiger charge is 2.50. The van der Waals surface area contributed by atoms with E-state index in [1.165, 1.54) is 33.1 Å². The Bertz CT molecular complexity index is 1260. The van der Waals surface area contributed by atoms with Gasteiger partial charge >= 0.3 is 0 Å². The number of hydrogen-bond donors (Lipinski definition) is 1. The minimum atomic E-state index is -4.24. The zero-order chi connectivity index (χ0) is 23.4. The Morgan fingerprint density at radius 2 is 1.81 bits per heavy atom. The van der Waals surface area contributed by atoms with E-state index in [4.69, 9.17) is 16.3 Å². The smallest absolute Gasteiger partial charge is 0.265 e. The van der Waals surface area contributed by atoms with E-state index >= 15 is 0 Å². The highest BCUT2D eigenvalue weighted by atomic mass is 35.5. The predicted molar refractivity (Wildman–Crippen MR) is 120 cm³/mol. The van der Waals surface area contributed by atoms with Gasteiger partial charge in [-0.05, 0) is 63.1 Å². The minimum Gasteiger partial charge on any atom is -0.495 e. The summed E-state index contributed by atoms with van der Waals surface area (Å²) in [5.41, 5.74) is 0.477. The number of carbonyl (C=O) groups excluding carboxylic acids is 1. The van der Waals surface area contributed by atoms with E-state index in [0.29, 0.717) is 9.87 Å². The summed E-state index contributed by atoms with van der Waals surface area (Å²) in [5.74, 6) is -1.02. The number of nitrogens with zero attached hydrogens (tertiary/aromatic N) is 1. The lowest BCUT2D eigenvalue weighted by Crippen LogP contribution is -2.33. The van der Waals surface area contributed by atoms with Gasteiger partial charge in [-0.1, -0.05) is 17.7 Å². The maximum Gasteiger partial charge on any atom is 0.265 e. The zero-order valence-corrected chi connectivity index (χ0v) is 20.1. The maximum atomic E-state index is 13.2. The van der Waals surface area contributed by atoms with Crippen LogP contribution in [0, 0.1) is 19.3 Å². The average Bonchev–Trinajstić information content (AvgIpc) is 2.80. The first-order valence-corrected chi connectivity index (χ1v) is 12.7. The molecule has 168 valence electrons. The van der Waals surface area contributed by atoms with Crippen molar-refractivity contribution >= 4 is 48.9 Å². The van der Waals surface area contributed by atoms with E-state index in [1.54, 1.807) is 19.1 Å². The summed E-state index contributed by atoms with van der Waals surface area (Å²) >= 11 is 6.23. The summed E-state index contributed by atoms with van der Waals surface area (Å²) in [4.78, 5) is 12.4. The first-order valence-electron chi connectivity index (χ1n) is 9.25. The molecule has 0 unspecified atom stereocenters. The zero-order valence-electron chi connectivity index (χ0n) is 17.7. The van der Waals surface area contributed by atoms with Crippen molar-refractivity contribution in [1.82, 2.24) is 0 Å². The van der Waals surface area contributed by atoms with E-state index in [-0.39, 0.29) is 32.8 Å². The molecule has 0 aromatic heterocycles. The second kappa shape index (κ2) is 7.68. The Labute approximate surface area is 187 Å². The van der Waals surface area contributed by atoms with Crippen LogP contribution < -0.4 is 13.8 Å². The summed E-state index contributed by atoms with van der Waals surface area (Å²) in [6.45, 7) is 6.59. The normalized spacial score (nSPS) is 17.6. The van der Waals surface area contributed by atoms with E-state index in [1.807, 2.05) is 6.92 Å². The molecule has 1 aliphatic heterocycles. The van der Waals surface area contributed by atoms with Crippen LogP contribution in [0.25, 0.3) is 0 Å². The Morgan fingerprint density at radius 3 is 2.32 bits per heavy atom. The number of carbonyl (C=O) groups is 1. The first-order chi connectivity index (χ1) is 14.2. The number of methoxy groups -OCH3 is 1. The number of ether oxygens (including phenoxy) is 1. The summed E-state index contributed by atoms with van der Waals surface area (Å²) in [5, 5.41) is 0.218. The molecule has 1 N–H and O–H groups in total. The molecule has 1 saturated heterocycles. The van der Waals surface area contributed by atoms with Gasteiger partial charge in [0.2, 0.25) is 15.9 Å². The van der Waals surface area contributed by atoms with Gasteiger partial charge in [-0.15, -0.1) is 0 Å².